The Labute approximate surface area is 163 Å². The van der Waals surface area contributed by atoms with E-state index in [0.717, 1.165) is 12.8 Å². The smallest absolute Gasteiger partial charge is 0.140 e. The van der Waals surface area contributed by atoms with Gasteiger partial charge in [0.05, 0.1) is 18.8 Å². The highest BCUT2D eigenvalue weighted by Gasteiger charge is 2.57. The molecule has 3 atom stereocenters. The Hall–Kier alpha value is -1.75. The summed E-state index contributed by atoms with van der Waals surface area (Å²) in [6.07, 6.45) is 1.49. The van der Waals surface area contributed by atoms with Crippen molar-refractivity contribution in [2.45, 2.75) is 44.4 Å². The maximum atomic E-state index is 13.6. The lowest BCUT2D eigenvalue weighted by Crippen LogP contribution is -2.60. The predicted molar refractivity (Wildman–Crippen MR) is 112 cm³/mol. The van der Waals surface area contributed by atoms with Gasteiger partial charge in [-0.2, -0.15) is 0 Å². The first-order valence-electron chi connectivity index (χ1n) is 9.87. The van der Waals surface area contributed by atoms with Gasteiger partial charge in [0.2, 0.25) is 0 Å². The fourth-order valence-corrected chi connectivity index (χ4v) is 9.38. The molecule has 0 spiro atoms. The molecule has 0 heterocycles. The van der Waals surface area contributed by atoms with Gasteiger partial charge in [0.1, 0.15) is 13.9 Å². The zero-order valence-corrected chi connectivity index (χ0v) is 17.5. The van der Waals surface area contributed by atoms with Gasteiger partial charge in [-0.1, -0.05) is 84.5 Å². The average molecular weight is 383 g/mol. The Balaban J connectivity index is 2.09. The maximum Gasteiger partial charge on any atom is 0.140 e. The molecule has 3 rings (SSSR count). The quantitative estimate of drug-likeness (QED) is 0.749. The molecule has 4 heteroatoms. The first-order chi connectivity index (χ1) is 13.0. The van der Waals surface area contributed by atoms with Crippen molar-refractivity contribution in [3.05, 3.63) is 60.7 Å². The fraction of sp³-hybridized carbons (Fsp3) is 0.435. The van der Waals surface area contributed by atoms with Crippen molar-refractivity contribution < 1.29 is 14.6 Å². The van der Waals surface area contributed by atoms with Crippen LogP contribution in [0.3, 0.4) is 0 Å². The molecule has 144 valence electrons. The molecule has 2 aromatic carbocycles. The molecule has 1 fully saturated rings. The van der Waals surface area contributed by atoms with Crippen molar-refractivity contribution in [1.82, 2.24) is 0 Å². The molecule has 27 heavy (non-hydrogen) atoms. The average Bonchev–Trinajstić information content (AvgIpc) is 2.97. The molecule has 0 aromatic heterocycles. The number of rotatable bonds is 7. The molecule has 1 aliphatic carbocycles. The normalized spacial score (nSPS) is 25.7. The summed E-state index contributed by atoms with van der Waals surface area (Å²) in [5, 5.41) is 11.8. The van der Waals surface area contributed by atoms with Crippen LogP contribution in [-0.4, -0.2) is 37.8 Å². The minimum Gasteiger partial charge on any atom is -0.394 e. The molecule has 0 saturated heterocycles. The highest BCUT2D eigenvalue weighted by Crippen LogP contribution is 2.48. The first-order valence-corrected chi connectivity index (χ1v) is 12.4. The van der Waals surface area contributed by atoms with Crippen molar-refractivity contribution in [1.29, 1.82) is 0 Å². The summed E-state index contributed by atoms with van der Waals surface area (Å²) in [5.74, 6) is 0.216. The van der Waals surface area contributed by atoms with Gasteiger partial charge < -0.3 is 9.84 Å². The van der Waals surface area contributed by atoms with E-state index < -0.39 is 13.7 Å². The molecular weight excluding hydrogens is 352 g/mol. The van der Waals surface area contributed by atoms with Gasteiger partial charge >= 0.3 is 0 Å². The van der Waals surface area contributed by atoms with E-state index in [1.165, 1.54) is 10.4 Å². The summed E-state index contributed by atoms with van der Waals surface area (Å²) in [4.78, 5) is 13.6. The standard InChI is InChI=1S/C23H30O3Si/c1-4-20-22(25)21(17-23(20,2)26-16-15-24)27(3,18-11-7-5-8-12-18)19-13-9-6-10-14-19/h5-14,20-21,24H,4,15-17H2,1-3H3. The number of hydrogen-bond donors (Lipinski definition) is 1. The molecule has 0 radical (unpaired) electrons. The van der Waals surface area contributed by atoms with Gasteiger partial charge in [0.25, 0.3) is 0 Å². The van der Waals surface area contributed by atoms with Crippen LogP contribution >= 0.6 is 0 Å². The van der Waals surface area contributed by atoms with Crippen molar-refractivity contribution in [2.24, 2.45) is 5.92 Å². The van der Waals surface area contributed by atoms with Crippen molar-refractivity contribution >= 4 is 24.2 Å². The number of aliphatic hydroxyl groups is 1. The Morgan fingerprint density at radius 2 is 1.59 bits per heavy atom. The summed E-state index contributed by atoms with van der Waals surface area (Å²) in [5.41, 5.74) is -0.534. The van der Waals surface area contributed by atoms with Crippen LogP contribution in [0.15, 0.2) is 60.7 Å². The second-order valence-corrected chi connectivity index (χ2v) is 12.2. The van der Waals surface area contributed by atoms with Crippen LogP contribution < -0.4 is 10.4 Å². The van der Waals surface area contributed by atoms with Crippen LogP contribution in [0.2, 0.25) is 12.1 Å². The fourth-order valence-electron chi connectivity index (χ4n) is 4.89. The van der Waals surface area contributed by atoms with Crippen LogP contribution in [0.25, 0.3) is 0 Å². The maximum absolute atomic E-state index is 13.6. The number of Topliss-reactive ketones (excluding diaryl/α,β-unsaturated/α-hetero) is 1. The van der Waals surface area contributed by atoms with E-state index in [0.29, 0.717) is 5.78 Å². The zero-order valence-electron chi connectivity index (χ0n) is 16.5. The third kappa shape index (κ3) is 3.54. The highest BCUT2D eigenvalue weighted by atomic mass is 28.3. The predicted octanol–water partition coefficient (Wildman–Crippen LogP) is 3.02. The molecule has 1 N–H and O–H groups in total. The third-order valence-corrected chi connectivity index (χ3v) is 11.4. The van der Waals surface area contributed by atoms with Gasteiger partial charge in [-0.3, -0.25) is 4.79 Å². The Morgan fingerprint density at radius 1 is 1.07 bits per heavy atom. The topological polar surface area (TPSA) is 46.5 Å². The zero-order chi connectivity index (χ0) is 19.5. The second kappa shape index (κ2) is 8.09. The molecular formula is C23H30O3Si. The third-order valence-electron chi connectivity index (χ3n) is 6.41. The van der Waals surface area contributed by atoms with E-state index in [9.17, 15) is 9.90 Å². The van der Waals surface area contributed by atoms with E-state index >= 15 is 0 Å². The summed E-state index contributed by atoms with van der Waals surface area (Å²) in [6.45, 7) is 6.71. The largest absolute Gasteiger partial charge is 0.394 e. The SMILES string of the molecule is CCC1C(=O)C([Si](C)(c2ccccc2)c2ccccc2)CC1(C)OCCO. The number of ketones is 1. The van der Waals surface area contributed by atoms with Crippen LogP contribution in [0.5, 0.6) is 0 Å². The molecule has 2 aromatic rings. The van der Waals surface area contributed by atoms with E-state index in [1.807, 2.05) is 12.1 Å². The molecule has 3 unspecified atom stereocenters. The number of hydrogen-bond acceptors (Lipinski definition) is 3. The van der Waals surface area contributed by atoms with Crippen LogP contribution in [0, 0.1) is 5.92 Å². The molecule has 3 nitrogen and oxygen atoms in total. The van der Waals surface area contributed by atoms with E-state index in [-0.39, 0.29) is 24.7 Å². The van der Waals surface area contributed by atoms with E-state index in [1.54, 1.807) is 0 Å². The first kappa shape index (κ1) is 20.0. The number of aliphatic hydroxyl groups excluding tert-OH is 1. The highest BCUT2D eigenvalue weighted by molar-refractivity contribution is 7.04. The van der Waals surface area contributed by atoms with E-state index in [2.05, 4.69) is 68.9 Å². The summed E-state index contributed by atoms with van der Waals surface area (Å²) in [7, 11) is -2.31. The van der Waals surface area contributed by atoms with Crippen molar-refractivity contribution in [2.75, 3.05) is 13.2 Å². The lowest BCUT2D eigenvalue weighted by molar-refractivity contribution is -0.128. The number of carbonyl (C=O) groups excluding carboxylic acids is 1. The molecule has 1 aliphatic rings. The van der Waals surface area contributed by atoms with Gasteiger partial charge in [-0.25, -0.2) is 0 Å². The van der Waals surface area contributed by atoms with Gasteiger partial charge in [-0.05, 0) is 19.8 Å². The van der Waals surface area contributed by atoms with Crippen LogP contribution in [0.4, 0.5) is 0 Å². The Kier molecular flexibility index (Phi) is 5.99. The van der Waals surface area contributed by atoms with Gasteiger partial charge in [0.15, 0.2) is 0 Å². The summed E-state index contributed by atoms with van der Waals surface area (Å²) < 4.78 is 6.06. The van der Waals surface area contributed by atoms with Gasteiger partial charge in [-0.15, -0.1) is 0 Å². The van der Waals surface area contributed by atoms with E-state index in [4.69, 9.17) is 4.74 Å². The number of carbonyl (C=O) groups is 1. The van der Waals surface area contributed by atoms with Crippen molar-refractivity contribution in [3.63, 3.8) is 0 Å². The summed E-state index contributed by atoms with van der Waals surface area (Å²) >= 11 is 0. The Bertz CT molecular complexity index is 722. The number of ether oxygens (including phenoxy) is 1. The molecule has 1 saturated carbocycles. The molecule has 0 amide bonds. The Morgan fingerprint density at radius 3 is 2.04 bits per heavy atom. The minimum atomic E-state index is -2.31. The van der Waals surface area contributed by atoms with Crippen molar-refractivity contribution in [3.8, 4) is 0 Å². The minimum absolute atomic E-state index is 0.0169. The number of benzene rings is 2. The van der Waals surface area contributed by atoms with Crippen LogP contribution in [0.1, 0.15) is 26.7 Å². The van der Waals surface area contributed by atoms with Gasteiger partial charge in [0, 0.05) is 11.5 Å². The lowest BCUT2D eigenvalue weighted by Gasteiger charge is -2.35. The van der Waals surface area contributed by atoms with Crippen LogP contribution in [-0.2, 0) is 9.53 Å². The monoisotopic (exact) mass is 382 g/mol. The summed E-state index contributed by atoms with van der Waals surface area (Å²) in [6, 6.07) is 21.1. The second-order valence-electron chi connectivity index (χ2n) is 7.94. The molecule has 0 aliphatic heterocycles. The lowest BCUT2D eigenvalue weighted by atomic mass is 9.90. The molecule has 0 bridgehead atoms.